The van der Waals surface area contributed by atoms with Crippen molar-refractivity contribution in [2.45, 2.75) is 0 Å². The van der Waals surface area contributed by atoms with E-state index in [9.17, 15) is 0 Å². The van der Waals surface area contributed by atoms with Crippen molar-refractivity contribution in [3.05, 3.63) is 164 Å². The topological polar surface area (TPSA) is 65.0 Å². The van der Waals surface area contributed by atoms with E-state index in [1.54, 1.807) is 0 Å². The predicted molar refractivity (Wildman–Crippen MR) is 202 cm³/mol. The molecule has 7 aromatic carbocycles. The first-order chi connectivity index (χ1) is 24.7. The zero-order chi connectivity index (χ0) is 33.0. The van der Waals surface area contributed by atoms with Crippen LogP contribution < -0.4 is 0 Å². The molecule has 10 aromatic rings. The van der Waals surface area contributed by atoms with Crippen molar-refractivity contribution in [1.29, 1.82) is 0 Å². The highest BCUT2D eigenvalue weighted by Crippen LogP contribution is 2.41. The van der Waals surface area contributed by atoms with Gasteiger partial charge in [0.05, 0.1) is 0 Å². The Balaban J connectivity index is 1.23. The van der Waals surface area contributed by atoms with Crippen molar-refractivity contribution < 1.29 is 8.83 Å². The minimum Gasteiger partial charge on any atom is -0.456 e. The van der Waals surface area contributed by atoms with Crippen LogP contribution in [0.25, 0.3) is 100 Å². The number of rotatable bonds is 5. The summed E-state index contributed by atoms with van der Waals surface area (Å²) in [6, 6.07) is 55.8. The van der Waals surface area contributed by atoms with Gasteiger partial charge in [0.1, 0.15) is 22.3 Å². The van der Waals surface area contributed by atoms with Crippen LogP contribution in [-0.4, -0.2) is 15.0 Å². The van der Waals surface area contributed by atoms with Crippen LogP contribution in [0.15, 0.2) is 173 Å². The lowest BCUT2D eigenvalue weighted by atomic mass is 9.96. The molecule has 0 radical (unpaired) electrons. The average molecular weight is 642 g/mol. The fraction of sp³-hybridized carbons (Fsp3) is 0. The second-order valence-electron chi connectivity index (χ2n) is 12.4. The molecule has 0 spiro atoms. The molecule has 5 nitrogen and oxygen atoms in total. The summed E-state index contributed by atoms with van der Waals surface area (Å²) in [5.41, 5.74) is 10.3. The van der Waals surface area contributed by atoms with Gasteiger partial charge >= 0.3 is 0 Å². The summed E-state index contributed by atoms with van der Waals surface area (Å²) < 4.78 is 12.6. The second kappa shape index (κ2) is 11.4. The zero-order valence-corrected chi connectivity index (χ0v) is 26.7. The molecule has 0 aliphatic rings. The van der Waals surface area contributed by atoms with Gasteiger partial charge in [-0.2, -0.15) is 0 Å². The monoisotopic (exact) mass is 641 g/mol. The lowest BCUT2D eigenvalue weighted by Gasteiger charge is -2.13. The van der Waals surface area contributed by atoms with Crippen molar-refractivity contribution in [1.82, 2.24) is 15.0 Å². The molecule has 3 heterocycles. The standard InChI is InChI=1S/C45H27N3O2/c1-4-13-28(14-5-1)31-23-32(29-15-6-2-7-16-29)25-33(24-31)44-46-43(30-17-8-3-9-18-30)47-45(48-44)35-20-12-22-39-42(35)37-26-36-34-19-10-11-21-38(34)49-40(36)27-41(37)50-39/h1-27H. The van der Waals surface area contributed by atoms with Crippen molar-refractivity contribution in [2.75, 3.05) is 0 Å². The summed E-state index contributed by atoms with van der Waals surface area (Å²) in [5, 5.41) is 4.04. The molecule has 5 heteroatoms. The third kappa shape index (κ3) is 4.75. The first-order valence-electron chi connectivity index (χ1n) is 16.6. The first kappa shape index (κ1) is 28.2. The molecule has 10 rings (SSSR count). The van der Waals surface area contributed by atoms with Gasteiger partial charge in [-0.1, -0.05) is 121 Å². The number of furan rings is 2. The van der Waals surface area contributed by atoms with Crippen LogP contribution in [0.3, 0.4) is 0 Å². The SMILES string of the molecule is c1ccc(-c2cc(-c3ccccc3)cc(-c3nc(-c4ccccc4)nc(-c4cccc5oc6cc7oc8ccccc8c7cc6c45)n3)c2)cc1. The largest absolute Gasteiger partial charge is 0.456 e. The minimum absolute atomic E-state index is 0.575. The van der Waals surface area contributed by atoms with E-state index in [1.807, 2.05) is 78.9 Å². The van der Waals surface area contributed by atoms with E-state index in [0.29, 0.717) is 17.5 Å². The zero-order valence-electron chi connectivity index (χ0n) is 26.7. The summed E-state index contributed by atoms with van der Waals surface area (Å²) in [7, 11) is 0. The Kier molecular flexibility index (Phi) is 6.42. The van der Waals surface area contributed by atoms with E-state index in [4.69, 9.17) is 23.8 Å². The number of hydrogen-bond acceptors (Lipinski definition) is 5. The van der Waals surface area contributed by atoms with Crippen molar-refractivity contribution >= 4 is 43.9 Å². The number of hydrogen-bond donors (Lipinski definition) is 0. The molecule has 0 saturated carbocycles. The molecular weight excluding hydrogens is 615 g/mol. The number of aromatic nitrogens is 3. The van der Waals surface area contributed by atoms with Crippen molar-refractivity contribution in [3.8, 4) is 56.4 Å². The molecule has 3 aromatic heterocycles. The van der Waals surface area contributed by atoms with Crippen molar-refractivity contribution in [2.24, 2.45) is 0 Å². The third-order valence-corrected chi connectivity index (χ3v) is 9.31. The molecular formula is C45H27N3O2. The number of nitrogens with zero attached hydrogens (tertiary/aromatic N) is 3. The molecule has 0 atom stereocenters. The molecule has 0 amide bonds. The van der Waals surface area contributed by atoms with Crippen LogP contribution in [0.4, 0.5) is 0 Å². The fourth-order valence-corrected chi connectivity index (χ4v) is 6.92. The fourth-order valence-electron chi connectivity index (χ4n) is 6.92. The number of benzene rings is 7. The Hall–Kier alpha value is -6.85. The van der Waals surface area contributed by atoms with E-state index in [1.165, 1.54) is 0 Å². The van der Waals surface area contributed by atoms with Gasteiger partial charge in [-0.3, -0.25) is 0 Å². The molecule has 0 N–H and O–H groups in total. The minimum atomic E-state index is 0.575. The second-order valence-corrected chi connectivity index (χ2v) is 12.4. The van der Waals surface area contributed by atoms with Gasteiger partial charge in [0.25, 0.3) is 0 Å². The van der Waals surface area contributed by atoms with Crippen LogP contribution >= 0.6 is 0 Å². The molecule has 0 bridgehead atoms. The Morgan fingerprint density at radius 1 is 0.300 bits per heavy atom. The summed E-state index contributed by atoms with van der Waals surface area (Å²) >= 11 is 0. The number of para-hydroxylation sites is 1. The molecule has 0 fully saturated rings. The quantitative estimate of drug-likeness (QED) is 0.187. The Labute approximate surface area is 287 Å². The van der Waals surface area contributed by atoms with E-state index >= 15 is 0 Å². The molecule has 50 heavy (non-hydrogen) atoms. The summed E-state index contributed by atoms with van der Waals surface area (Å²) in [5.74, 6) is 1.77. The maximum atomic E-state index is 6.45. The van der Waals surface area contributed by atoms with Gasteiger partial charge in [0.2, 0.25) is 0 Å². The van der Waals surface area contributed by atoms with Crippen molar-refractivity contribution in [3.63, 3.8) is 0 Å². The third-order valence-electron chi connectivity index (χ3n) is 9.31. The summed E-state index contributed by atoms with van der Waals surface area (Å²) in [4.78, 5) is 15.5. The highest BCUT2D eigenvalue weighted by molar-refractivity contribution is 6.18. The van der Waals surface area contributed by atoms with Gasteiger partial charge in [-0.15, -0.1) is 0 Å². The normalized spacial score (nSPS) is 11.6. The smallest absolute Gasteiger partial charge is 0.164 e. The Bertz CT molecular complexity index is 2800. The molecule has 0 aliphatic carbocycles. The van der Waals surface area contributed by atoms with Crippen LogP contribution in [0.5, 0.6) is 0 Å². The molecule has 0 saturated heterocycles. The lowest BCUT2D eigenvalue weighted by Crippen LogP contribution is -2.01. The Morgan fingerprint density at radius 3 is 1.52 bits per heavy atom. The predicted octanol–water partition coefficient (Wildman–Crippen LogP) is 12.0. The van der Waals surface area contributed by atoms with Crippen LogP contribution in [0.1, 0.15) is 0 Å². The average Bonchev–Trinajstić information content (AvgIpc) is 3.75. The lowest BCUT2D eigenvalue weighted by molar-refractivity contribution is 0.656. The van der Waals surface area contributed by atoms with E-state index in [0.717, 1.165) is 82.8 Å². The van der Waals surface area contributed by atoms with E-state index in [-0.39, 0.29) is 0 Å². The highest BCUT2D eigenvalue weighted by atomic mass is 16.3. The van der Waals surface area contributed by atoms with E-state index < -0.39 is 0 Å². The maximum absolute atomic E-state index is 6.45. The van der Waals surface area contributed by atoms with Crippen LogP contribution in [0.2, 0.25) is 0 Å². The summed E-state index contributed by atoms with van der Waals surface area (Å²) in [6.45, 7) is 0. The molecule has 0 aliphatic heterocycles. The van der Waals surface area contributed by atoms with Gasteiger partial charge in [0.15, 0.2) is 17.5 Å². The first-order valence-corrected chi connectivity index (χ1v) is 16.6. The van der Waals surface area contributed by atoms with Crippen LogP contribution in [-0.2, 0) is 0 Å². The molecule has 234 valence electrons. The van der Waals surface area contributed by atoms with Crippen LogP contribution in [0, 0.1) is 0 Å². The van der Waals surface area contributed by atoms with Gasteiger partial charge in [-0.25, -0.2) is 15.0 Å². The van der Waals surface area contributed by atoms with Gasteiger partial charge < -0.3 is 8.83 Å². The number of fused-ring (bicyclic) bond motifs is 6. The highest BCUT2D eigenvalue weighted by Gasteiger charge is 2.20. The molecule has 0 unspecified atom stereocenters. The van der Waals surface area contributed by atoms with Gasteiger partial charge in [0, 0.05) is 44.3 Å². The Morgan fingerprint density at radius 2 is 0.820 bits per heavy atom. The van der Waals surface area contributed by atoms with Gasteiger partial charge in [-0.05, 0) is 58.7 Å². The van der Waals surface area contributed by atoms with E-state index in [2.05, 4.69) is 84.9 Å². The summed E-state index contributed by atoms with van der Waals surface area (Å²) in [6.07, 6.45) is 0. The maximum Gasteiger partial charge on any atom is 0.164 e.